The summed E-state index contributed by atoms with van der Waals surface area (Å²) in [7, 11) is 0. The molecule has 112 valence electrons. The van der Waals surface area contributed by atoms with Gasteiger partial charge in [-0.25, -0.2) is 0 Å². The van der Waals surface area contributed by atoms with Crippen LogP contribution in [0.3, 0.4) is 0 Å². The Balaban J connectivity index is 1.97. The van der Waals surface area contributed by atoms with E-state index in [-0.39, 0.29) is 5.71 Å². The standard InChI is InChI=1S/C14H12N4O4/c1-7-11(14(20)21)13(19)18(17-7)10-5-3-4-9(6-10)12-16-15-8(2)22-12/h3-6,11H,1-2H3,(H,20,21). The molecule has 1 aromatic carbocycles. The molecule has 1 aromatic heterocycles. The molecular formula is C14H12N4O4. The summed E-state index contributed by atoms with van der Waals surface area (Å²) in [6.07, 6.45) is 0. The smallest absolute Gasteiger partial charge is 0.322 e. The minimum atomic E-state index is -1.24. The van der Waals surface area contributed by atoms with Crippen molar-refractivity contribution in [2.75, 3.05) is 5.01 Å². The first-order valence-electron chi connectivity index (χ1n) is 6.50. The van der Waals surface area contributed by atoms with Crippen molar-refractivity contribution in [2.45, 2.75) is 13.8 Å². The number of carboxylic acids is 1. The van der Waals surface area contributed by atoms with E-state index in [0.717, 1.165) is 5.01 Å². The quantitative estimate of drug-likeness (QED) is 0.860. The van der Waals surface area contributed by atoms with E-state index in [4.69, 9.17) is 9.52 Å². The lowest BCUT2D eigenvalue weighted by molar-refractivity contribution is -0.142. The first kappa shape index (κ1) is 13.9. The molecule has 2 aromatic rings. The summed E-state index contributed by atoms with van der Waals surface area (Å²) in [4.78, 5) is 23.3. The Labute approximate surface area is 125 Å². The van der Waals surface area contributed by atoms with Gasteiger partial charge in [0.15, 0.2) is 5.92 Å². The first-order valence-corrected chi connectivity index (χ1v) is 6.50. The van der Waals surface area contributed by atoms with Crippen LogP contribution >= 0.6 is 0 Å². The van der Waals surface area contributed by atoms with Gasteiger partial charge in [0, 0.05) is 12.5 Å². The van der Waals surface area contributed by atoms with Gasteiger partial charge in [-0.3, -0.25) is 9.59 Å². The average Bonchev–Trinajstić information content (AvgIpc) is 3.03. The summed E-state index contributed by atoms with van der Waals surface area (Å²) < 4.78 is 5.34. The highest BCUT2D eigenvalue weighted by atomic mass is 16.4. The van der Waals surface area contributed by atoms with Gasteiger partial charge < -0.3 is 9.52 Å². The molecule has 1 unspecified atom stereocenters. The van der Waals surface area contributed by atoms with E-state index in [1.165, 1.54) is 6.92 Å². The highest BCUT2D eigenvalue weighted by molar-refractivity contribution is 6.25. The van der Waals surface area contributed by atoms with E-state index in [1.807, 2.05) is 0 Å². The van der Waals surface area contributed by atoms with Crippen molar-refractivity contribution in [3.63, 3.8) is 0 Å². The maximum absolute atomic E-state index is 12.2. The van der Waals surface area contributed by atoms with E-state index in [1.54, 1.807) is 31.2 Å². The molecule has 22 heavy (non-hydrogen) atoms. The minimum absolute atomic E-state index is 0.247. The number of aromatic nitrogens is 2. The Bertz CT molecular complexity index is 796. The lowest BCUT2D eigenvalue weighted by Crippen LogP contribution is -2.32. The average molecular weight is 300 g/mol. The van der Waals surface area contributed by atoms with Crippen molar-refractivity contribution in [1.82, 2.24) is 10.2 Å². The molecule has 0 bridgehead atoms. The van der Waals surface area contributed by atoms with Crippen molar-refractivity contribution < 1.29 is 19.1 Å². The molecule has 0 aliphatic carbocycles. The number of benzene rings is 1. The maximum atomic E-state index is 12.2. The molecule has 0 saturated heterocycles. The number of nitrogens with zero attached hydrogens (tertiary/aromatic N) is 4. The van der Waals surface area contributed by atoms with Crippen molar-refractivity contribution in [2.24, 2.45) is 11.0 Å². The Morgan fingerprint density at radius 2 is 2.09 bits per heavy atom. The minimum Gasteiger partial charge on any atom is -0.480 e. The van der Waals surface area contributed by atoms with Gasteiger partial charge in [-0.1, -0.05) is 6.07 Å². The Morgan fingerprint density at radius 3 is 2.68 bits per heavy atom. The van der Waals surface area contributed by atoms with Crippen LogP contribution in [0.25, 0.3) is 11.5 Å². The Kier molecular flexibility index (Phi) is 3.21. The number of amides is 1. The lowest BCUT2D eigenvalue weighted by atomic mass is 10.1. The summed E-state index contributed by atoms with van der Waals surface area (Å²) in [5.41, 5.74) is 1.32. The van der Waals surface area contributed by atoms with Crippen LogP contribution < -0.4 is 5.01 Å². The summed E-state index contributed by atoms with van der Waals surface area (Å²) in [6.45, 7) is 3.19. The third kappa shape index (κ3) is 2.24. The molecule has 1 aliphatic rings. The second-order valence-corrected chi connectivity index (χ2v) is 4.84. The van der Waals surface area contributed by atoms with Crippen molar-refractivity contribution >= 4 is 23.3 Å². The van der Waals surface area contributed by atoms with Crippen LogP contribution in [0, 0.1) is 12.8 Å². The summed E-state index contributed by atoms with van der Waals surface area (Å²) >= 11 is 0. The molecule has 1 atom stereocenters. The maximum Gasteiger partial charge on any atom is 0.322 e. The number of anilines is 1. The number of hydrazone groups is 1. The number of hydrogen-bond acceptors (Lipinski definition) is 6. The zero-order chi connectivity index (χ0) is 15.9. The highest BCUT2D eigenvalue weighted by Gasteiger charge is 2.39. The molecule has 1 N–H and O–H groups in total. The zero-order valence-corrected chi connectivity index (χ0v) is 11.8. The van der Waals surface area contributed by atoms with Crippen molar-refractivity contribution in [3.8, 4) is 11.5 Å². The Hall–Kier alpha value is -3.03. The zero-order valence-electron chi connectivity index (χ0n) is 11.8. The van der Waals surface area contributed by atoms with E-state index in [2.05, 4.69) is 15.3 Å². The van der Waals surface area contributed by atoms with Gasteiger partial charge in [0.05, 0.1) is 11.4 Å². The summed E-state index contributed by atoms with van der Waals surface area (Å²) in [5, 5.41) is 21.9. The molecule has 8 heteroatoms. The largest absolute Gasteiger partial charge is 0.480 e. The fourth-order valence-corrected chi connectivity index (χ4v) is 2.22. The van der Waals surface area contributed by atoms with Crippen molar-refractivity contribution in [3.05, 3.63) is 30.2 Å². The SMILES string of the molecule is CC1=NN(c2cccc(-c3nnc(C)o3)c2)C(=O)C1C(=O)O. The van der Waals surface area contributed by atoms with Crippen LogP contribution in [0.1, 0.15) is 12.8 Å². The second-order valence-electron chi connectivity index (χ2n) is 4.84. The van der Waals surface area contributed by atoms with Crippen LogP contribution in [0.4, 0.5) is 5.69 Å². The van der Waals surface area contributed by atoms with Crippen LogP contribution in [0.2, 0.25) is 0 Å². The lowest BCUT2D eigenvalue weighted by Gasteiger charge is -2.13. The van der Waals surface area contributed by atoms with Gasteiger partial charge in [-0.15, -0.1) is 10.2 Å². The first-order chi connectivity index (χ1) is 10.5. The number of carbonyl (C=O) groups excluding carboxylic acids is 1. The number of carbonyl (C=O) groups is 2. The van der Waals surface area contributed by atoms with Crippen LogP contribution in [-0.4, -0.2) is 32.9 Å². The number of hydrogen-bond donors (Lipinski definition) is 1. The fourth-order valence-electron chi connectivity index (χ4n) is 2.22. The van der Waals surface area contributed by atoms with E-state index in [0.29, 0.717) is 23.0 Å². The molecule has 8 nitrogen and oxygen atoms in total. The Morgan fingerprint density at radius 1 is 1.32 bits per heavy atom. The normalized spacial score (nSPS) is 17.7. The molecule has 0 radical (unpaired) electrons. The van der Waals surface area contributed by atoms with Crippen LogP contribution in [0.15, 0.2) is 33.8 Å². The molecule has 1 amide bonds. The molecular weight excluding hydrogens is 288 g/mol. The monoisotopic (exact) mass is 300 g/mol. The number of rotatable bonds is 3. The van der Waals surface area contributed by atoms with Gasteiger partial charge in [0.2, 0.25) is 11.8 Å². The summed E-state index contributed by atoms with van der Waals surface area (Å²) in [6, 6.07) is 6.76. The molecule has 2 heterocycles. The highest BCUT2D eigenvalue weighted by Crippen LogP contribution is 2.28. The van der Waals surface area contributed by atoms with Gasteiger partial charge in [-0.2, -0.15) is 10.1 Å². The van der Waals surface area contributed by atoms with Gasteiger partial charge in [0.25, 0.3) is 5.91 Å². The third-order valence-corrected chi connectivity index (χ3v) is 3.24. The summed E-state index contributed by atoms with van der Waals surface area (Å²) in [5.74, 6) is -2.30. The van der Waals surface area contributed by atoms with Crippen LogP contribution in [-0.2, 0) is 9.59 Å². The fraction of sp³-hybridized carbons (Fsp3) is 0.214. The molecule has 1 aliphatic heterocycles. The van der Waals surface area contributed by atoms with Gasteiger partial charge in [0.1, 0.15) is 0 Å². The van der Waals surface area contributed by atoms with Crippen molar-refractivity contribution in [1.29, 1.82) is 0 Å². The number of aliphatic carboxylic acids is 1. The van der Waals surface area contributed by atoms with Crippen LogP contribution in [0.5, 0.6) is 0 Å². The van der Waals surface area contributed by atoms with E-state index >= 15 is 0 Å². The van der Waals surface area contributed by atoms with E-state index in [9.17, 15) is 9.59 Å². The van der Waals surface area contributed by atoms with E-state index < -0.39 is 17.8 Å². The van der Waals surface area contributed by atoms with Gasteiger partial charge >= 0.3 is 5.97 Å². The topological polar surface area (TPSA) is 109 Å². The number of carboxylic acid groups (broad SMARTS) is 1. The molecule has 0 fully saturated rings. The third-order valence-electron chi connectivity index (χ3n) is 3.24. The molecule has 0 spiro atoms. The molecule has 0 saturated carbocycles. The predicted molar refractivity (Wildman–Crippen MR) is 76.2 cm³/mol. The predicted octanol–water partition coefficient (Wildman–Crippen LogP) is 1.47. The number of aryl methyl sites for hydroxylation is 1. The van der Waals surface area contributed by atoms with Gasteiger partial charge in [-0.05, 0) is 25.1 Å². The molecule has 3 rings (SSSR count). The second kappa shape index (κ2) is 5.06.